The maximum absolute atomic E-state index is 11.9. The predicted molar refractivity (Wildman–Crippen MR) is 96.8 cm³/mol. The molecular weight excluding hydrogens is 304 g/mol. The van der Waals surface area contributed by atoms with Gasteiger partial charge in [0.2, 0.25) is 0 Å². The molecule has 24 heavy (non-hydrogen) atoms. The largest absolute Gasteiger partial charge is 0.463 e. The standard InChI is InChI=1S/C20H38O4/c1-6-16(13-15(2)19(22)23-12-11-21)14-17-7-9-18(10-8-17)24-20(3,4)5/h15-18,21H,6-14H2,1-5H3. The lowest BCUT2D eigenvalue weighted by molar-refractivity contribution is -0.149. The van der Waals surface area contributed by atoms with Gasteiger partial charge in [0, 0.05) is 0 Å². The summed E-state index contributed by atoms with van der Waals surface area (Å²) >= 11 is 0. The Morgan fingerprint density at radius 1 is 1.21 bits per heavy atom. The summed E-state index contributed by atoms with van der Waals surface area (Å²) in [6.45, 7) is 10.5. The number of esters is 1. The highest BCUT2D eigenvalue weighted by atomic mass is 16.5. The van der Waals surface area contributed by atoms with E-state index in [0.29, 0.717) is 12.0 Å². The fourth-order valence-electron chi connectivity index (χ4n) is 3.77. The minimum atomic E-state index is -0.176. The van der Waals surface area contributed by atoms with Gasteiger partial charge in [0.15, 0.2) is 0 Å². The van der Waals surface area contributed by atoms with Crippen molar-refractivity contribution in [3.8, 4) is 0 Å². The van der Waals surface area contributed by atoms with E-state index >= 15 is 0 Å². The van der Waals surface area contributed by atoms with Crippen molar-refractivity contribution in [1.29, 1.82) is 0 Å². The van der Waals surface area contributed by atoms with E-state index < -0.39 is 0 Å². The fourth-order valence-corrected chi connectivity index (χ4v) is 3.77. The van der Waals surface area contributed by atoms with Gasteiger partial charge in [-0.3, -0.25) is 4.79 Å². The highest BCUT2D eigenvalue weighted by molar-refractivity contribution is 5.71. The molecule has 0 aromatic rings. The molecule has 1 saturated carbocycles. The van der Waals surface area contributed by atoms with E-state index in [0.717, 1.165) is 31.6 Å². The minimum Gasteiger partial charge on any atom is -0.463 e. The lowest BCUT2D eigenvalue weighted by atomic mass is 9.78. The summed E-state index contributed by atoms with van der Waals surface area (Å²) < 4.78 is 11.2. The Hall–Kier alpha value is -0.610. The fraction of sp³-hybridized carbons (Fsp3) is 0.950. The van der Waals surface area contributed by atoms with Crippen molar-refractivity contribution < 1.29 is 19.4 Å². The minimum absolute atomic E-state index is 0.0478. The summed E-state index contributed by atoms with van der Waals surface area (Å²) in [5.41, 5.74) is -0.0478. The van der Waals surface area contributed by atoms with Crippen molar-refractivity contribution in [3.05, 3.63) is 0 Å². The van der Waals surface area contributed by atoms with E-state index in [1.165, 1.54) is 19.3 Å². The van der Waals surface area contributed by atoms with Crippen molar-refractivity contribution in [2.24, 2.45) is 17.8 Å². The number of hydrogen-bond acceptors (Lipinski definition) is 4. The molecule has 2 unspecified atom stereocenters. The van der Waals surface area contributed by atoms with E-state index in [1.54, 1.807) is 0 Å². The summed E-state index contributed by atoms with van der Waals surface area (Å²) in [4.78, 5) is 11.9. The Morgan fingerprint density at radius 3 is 2.33 bits per heavy atom. The van der Waals surface area contributed by atoms with Gasteiger partial charge in [-0.1, -0.05) is 20.3 Å². The zero-order valence-electron chi connectivity index (χ0n) is 16.3. The molecule has 1 fully saturated rings. The third-order valence-electron chi connectivity index (χ3n) is 4.98. The third kappa shape index (κ3) is 8.48. The van der Waals surface area contributed by atoms with Crippen molar-refractivity contribution in [3.63, 3.8) is 0 Å². The molecular formula is C20H38O4. The molecule has 1 N–H and O–H groups in total. The zero-order valence-corrected chi connectivity index (χ0v) is 16.3. The first-order chi connectivity index (χ1) is 11.2. The van der Waals surface area contributed by atoms with Crippen LogP contribution in [-0.2, 0) is 14.3 Å². The first kappa shape index (κ1) is 21.4. The second-order valence-corrected chi connectivity index (χ2v) is 8.41. The van der Waals surface area contributed by atoms with E-state index in [4.69, 9.17) is 14.6 Å². The molecule has 0 saturated heterocycles. The molecule has 1 aliphatic rings. The summed E-state index contributed by atoms with van der Waals surface area (Å²) in [6.07, 6.45) is 8.40. The predicted octanol–water partition coefficient (Wildman–Crippen LogP) is 4.34. The normalized spacial score (nSPS) is 24.4. The molecule has 4 heteroatoms. The highest BCUT2D eigenvalue weighted by Gasteiger charge is 2.28. The lowest BCUT2D eigenvalue weighted by Gasteiger charge is -2.34. The van der Waals surface area contributed by atoms with Crippen LogP contribution in [0.1, 0.15) is 79.6 Å². The molecule has 1 rings (SSSR count). The number of carbonyl (C=O) groups is 1. The van der Waals surface area contributed by atoms with Gasteiger partial charge in [0.25, 0.3) is 0 Å². The van der Waals surface area contributed by atoms with Crippen molar-refractivity contribution in [2.45, 2.75) is 91.3 Å². The van der Waals surface area contributed by atoms with Gasteiger partial charge in [-0.05, 0) is 71.1 Å². The monoisotopic (exact) mass is 342 g/mol. The average Bonchev–Trinajstić information content (AvgIpc) is 2.52. The van der Waals surface area contributed by atoms with Crippen LogP contribution in [0.25, 0.3) is 0 Å². The molecule has 0 bridgehead atoms. The maximum atomic E-state index is 11.9. The highest BCUT2D eigenvalue weighted by Crippen LogP contribution is 2.35. The number of hydrogen-bond donors (Lipinski definition) is 1. The summed E-state index contributed by atoms with van der Waals surface area (Å²) in [7, 11) is 0. The van der Waals surface area contributed by atoms with Crippen molar-refractivity contribution in [1.82, 2.24) is 0 Å². The van der Waals surface area contributed by atoms with Gasteiger partial charge in [0.05, 0.1) is 24.2 Å². The number of ether oxygens (including phenoxy) is 2. The van der Waals surface area contributed by atoms with Crippen LogP contribution in [0.2, 0.25) is 0 Å². The topological polar surface area (TPSA) is 55.8 Å². The third-order valence-corrected chi connectivity index (χ3v) is 4.98. The van der Waals surface area contributed by atoms with Crippen molar-refractivity contribution in [2.75, 3.05) is 13.2 Å². The molecule has 4 nitrogen and oxygen atoms in total. The van der Waals surface area contributed by atoms with E-state index in [-0.39, 0.29) is 30.7 Å². The van der Waals surface area contributed by atoms with Gasteiger partial charge < -0.3 is 14.6 Å². The summed E-state index contributed by atoms with van der Waals surface area (Å²) in [5.74, 6) is 1.08. The van der Waals surface area contributed by atoms with Gasteiger partial charge >= 0.3 is 5.97 Å². The second-order valence-electron chi connectivity index (χ2n) is 8.41. The second kappa shape index (κ2) is 10.4. The molecule has 0 spiro atoms. The van der Waals surface area contributed by atoms with Crippen LogP contribution in [0, 0.1) is 17.8 Å². The Morgan fingerprint density at radius 2 is 1.83 bits per heavy atom. The van der Waals surface area contributed by atoms with Crippen molar-refractivity contribution >= 4 is 5.97 Å². The first-order valence-electron chi connectivity index (χ1n) is 9.70. The number of aliphatic hydroxyl groups excluding tert-OH is 1. The molecule has 0 aliphatic heterocycles. The number of carbonyl (C=O) groups excluding carboxylic acids is 1. The van der Waals surface area contributed by atoms with Gasteiger partial charge in [-0.2, -0.15) is 0 Å². The Balaban J connectivity index is 2.35. The van der Waals surface area contributed by atoms with E-state index in [9.17, 15) is 4.79 Å². The SMILES string of the molecule is CCC(CC1CCC(OC(C)(C)C)CC1)CC(C)C(=O)OCCO. The quantitative estimate of drug-likeness (QED) is 0.633. The van der Waals surface area contributed by atoms with Gasteiger partial charge in [0.1, 0.15) is 6.61 Å². The first-order valence-corrected chi connectivity index (χ1v) is 9.70. The van der Waals surface area contributed by atoms with Crippen LogP contribution in [0.4, 0.5) is 0 Å². The lowest BCUT2D eigenvalue weighted by Crippen LogP contribution is -2.31. The van der Waals surface area contributed by atoms with Crippen LogP contribution >= 0.6 is 0 Å². The van der Waals surface area contributed by atoms with Crippen LogP contribution in [0.15, 0.2) is 0 Å². The van der Waals surface area contributed by atoms with Crippen LogP contribution in [-0.4, -0.2) is 36.0 Å². The van der Waals surface area contributed by atoms with Crippen LogP contribution in [0.5, 0.6) is 0 Å². The molecule has 0 aromatic carbocycles. The smallest absolute Gasteiger partial charge is 0.308 e. The molecule has 142 valence electrons. The van der Waals surface area contributed by atoms with E-state index in [1.807, 2.05) is 6.92 Å². The molecule has 0 aromatic heterocycles. The van der Waals surface area contributed by atoms with Crippen LogP contribution in [0.3, 0.4) is 0 Å². The summed E-state index contributed by atoms with van der Waals surface area (Å²) in [6, 6.07) is 0. The average molecular weight is 343 g/mol. The molecule has 0 heterocycles. The van der Waals surface area contributed by atoms with Gasteiger partial charge in [-0.15, -0.1) is 0 Å². The Kier molecular flexibility index (Phi) is 9.28. The van der Waals surface area contributed by atoms with E-state index in [2.05, 4.69) is 27.7 Å². The Labute approximate surface area is 148 Å². The Bertz CT molecular complexity index is 353. The van der Waals surface area contributed by atoms with Gasteiger partial charge in [-0.25, -0.2) is 0 Å². The van der Waals surface area contributed by atoms with Crippen LogP contribution < -0.4 is 0 Å². The molecule has 0 radical (unpaired) electrons. The molecule has 2 atom stereocenters. The molecule has 0 amide bonds. The number of aliphatic hydroxyl groups is 1. The molecule has 1 aliphatic carbocycles. The number of rotatable bonds is 9. The summed E-state index contributed by atoms with van der Waals surface area (Å²) in [5, 5.41) is 8.75. The zero-order chi connectivity index (χ0) is 18.2. The maximum Gasteiger partial charge on any atom is 0.308 e.